The summed E-state index contributed by atoms with van der Waals surface area (Å²) in [6, 6.07) is 0.934. The van der Waals surface area contributed by atoms with E-state index in [4.69, 9.17) is 17.1 Å². The maximum Gasteiger partial charge on any atom is 0.330 e. The maximum absolute atomic E-state index is 11.5. The van der Waals surface area contributed by atoms with Crippen LogP contribution in [0.1, 0.15) is 26.2 Å². The third-order valence-electron chi connectivity index (χ3n) is 3.66. The van der Waals surface area contributed by atoms with Crippen molar-refractivity contribution in [1.29, 1.82) is 0 Å². The molecule has 0 saturated heterocycles. The van der Waals surface area contributed by atoms with Crippen molar-refractivity contribution in [2.75, 3.05) is 0 Å². The summed E-state index contributed by atoms with van der Waals surface area (Å²) >= 11 is 0. The van der Waals surface area contributed by atoms with E-state index in [0.29, 0.717) is 0 Å². The molecule has 0 aromatic carbocycles. The van der Waals surface area contributed by atoms with Crippen molar-refractivity contribution in [3.05, 3.63) is 12.7 Å². The van der Waals surface area contributed by atoms with Crippen LogP contribution in [0.15, 0.2) is 12.7 Å². The third-order valence-corrected chi connectivity index (χ3v) is 17.4. The summed E-state index contributed by atoms with van der Waals surface area (Å²) in [5, 5.41) is 0. The monoisotopic (exact) mass is 436 g/mol. The molecule has 0 bridgehead atoms. The van der Waals surface area contributed by atoms with Crippen molar-refractivity contribution in [3.8, 4) is 0 Å². The minimum atomic E-state index is -2.27. The Kier molecular flexibility index (Phi) is 11.1. The largest absolute Gasteiger partial charge is 0.459 e. The molecular formula is C17H40O5Si4. The Morgan fingerprint density at radius 1 is 1.04 bits per heavy atom. The van der Waals surface area contributed by atoms with Gasteiger partial charge in [-0.3, -0.25) is 0 Å². The van der Waals surface area contributed by atoms with Gasteiger partial charge in [-0.15, -0.1) is 0 Å². The van der Waals surface area contributed by atoms with Crippen molar-refractivity contribution in [2.45, 2.75) is 90.7 Å². The van der Waals surface area contributed by atoms with E-state index in [1.165, 1.54) is 6.08 Å². The predicted molar refractivity (Wildman–Crippen MR) is 119 cm³/mol. The van der Waals surface area contributed by atoms with Crippen LogP contribution in [0.3, 0.4) is 0 Å². The van der Waals surface area contributed by atoms with Crippen LogP contribution < -0.4 is 0 Å². The van der Waals surface area contributed by atoms with Crippen molar-refractivity contribution < 1.29 is 21.9 Å². The zero-order chi connectivity index (χ0) is 20.6. The summed E-state index contributed by atoms with van der Waals surface area (Å²) < 4.78 is 24.6. The molecule has 0 fully saturated rings. The molecule has 1 unspecified atom stereocenters. The number of rotatable bonds is 13. The molecule has 0 aliphatic heterocycles. The van der Waals surface area contributed by atoms with E-state index in [-0.39, 0.29) is 12.1 Å². The molecule has 5 nitrogen and oxygen atoms in total. The van der Waals surface area contributed by atoms with Crippen LogP contribution in [0.4, 0.5) is 0 Å². The fraction of sp³-hybridized carbons (Fsp3) is 0.824. The van der Waals surface area contributed by atoms with Crippen molar-refractivity contribution in [3.63, 3.8) is 0 Å². The Hall–Kier alpha value is -0.0425. The number of ether oxygens (including phenoxy) is 1. The number of carbonyl (C=O) groups is 1. The Morgan fingerprint density at radius 3 is 2.08 bits per heavy atom. The summed E-state index contributed by atoms with van der Waals surface area (Å²) in [4.78, 5) is 11.5. The van der Waals surface area contributed by atoms with E-state index in [9.17, 15) is 4.79 Å². The molecule has 0 rings (SSSR count). The highest BCUT2D eigenvalue weighted by molar-refractivity contribution is 6.87. The smallest absolute Gasteiger partial charge is 0.330 e. The molecule has 0 saturated carbocycles. The zero-order valence-corrected chi connectivity index (χ0v) is 22.5. The summed E-state index contributed by atoms with van der Waals surface area (Å²) in [6.45, 7) is 22.8. The van der Waals surface area contributed by atoms with Gasteiger partial charge < -0.3 is 17.1 Å². The van der Waals surface area contributed by atoms with Gasteiger partial charge in [0, 0.05) is 6.08 Å². The summed E-state index contributed by atoms with van der Waals surface area (Å²) in [7, 11) is -7.49. The molecule has 26 heavy (non-hydrogen) atoms. The first-order valence-electron chi connectivity index (χ1n) is 9.63. The van der Waals surface area contributed by atoms with Crippen LogP contribution in [0, 0.1) is 0 Å². The molecule has 9 heteroatoms. The molecule has 0 aliphatic carbocycles. The number of carbonyl (C=O) groups excluding carboxylic acids is 1. The molecule has 0 spiro atoms. The highest BCUT2D eigenvalue weighted by Crippen LogP contribution is 2.26. The fourth-order valence-corrected chi connectivity index (χ4v) is 20.4. The van der Waals surface area contributed by atoms with E-state index in [0.717, 1.165) is 25.3 Å². The standard InChI is InChI=1S/C17H40O5Si4/c1-11-13-16(19-17(18)12-2)14-15-24(5,6)21-26(9,10)22-25(7,8)20-23(3)4/h12,16,23H,2,11,13-15H2,1,3-10H3. The molecule has 0 radical (unpaired) electrons. The number of hydrogen-bond donors (Lipinski definition) is 0. The van der Waals surface area contributed by atoms with Crippen molar-refractivity contribution in [1.82, 2.24) is 0 Å². The van der Waals surface area contributed by atoms with Gasteiger partial charge in [-0.05, 0) is 71.3 Å². The molecule has 0 amide bonds. The van der Waals surface area contributed by atoms with Crippen LogP contribution in [0.25, 0.3) is 0 Å². The fourth-order valence-electron chi connectivity index (χ4n) is 3.23. The zero-order valence-electron chi connectivity index (χ0n) is 18.3. The quantitative estimate of drug-likeness (QED) is 0.233. The maximum atomic E-state index is 11.5. The molecule has 0 heterocycles. The molecule has 0 aromatic heterocycles. The lowest BCUT2D eigenvalue weighted by Crippen LogP contribution is -2.54. The van der Waals surface area contributed by atoms with Gasteiger partial charge in [0.2, 0.25) is 0 Å². The lowest BCUT2D eigenvalue weighted by Gasteiger charge is -2.39. The van der Waals surface area contributed by atoms with Crippen molar-refractivity contribution in [2.24, 2.45) is 0 Å². The van der Waals surface area contributed by atoms with Crippen LogP contribution in [0.2, 0.25) is 58.4 Å². The summed E-state index contributed by atoms with van der Waals surface area (Å²) in [6.07, 6.45) is 3.85. The van der Waals surface area contributed by atoms with Gasteiger partial charge in [-0.2, -0.15) is 0 Å². The van der Waals surface area contributed by atoms with Gasteiger partial charge in [0.15, 0.2) is 17.4 Å². The van der Waals surface area contributed by atoms with E-state index in [1.807, 2.05) is 0 Å². The first-order chi connectivity index (χ1) is 11.7. The van der Waals surface area contributed by atoms with Crippen LogP contribution >= 0.6 is 0 Å². The van der Waals surface area contributed by atoms with Gasteiger partial charge in [-0.1, -0.05) is 19.9 Å². The van der Waals surface area contributed by atoms with Gasteiger partial charge in [0.25, 0.3) is 0 Å². The van der Waals surface area contributed by atoms with E-state index in [1.54, 1.807) is 0 Å². The Balaban J connectivity index is 4.77. The Morgan fingerprint density at radius 2 is 1.62 bits per heavy atom. The van der Waals surface area contributed by atoms with E-state index in [2.05, 4.69) is 65.9 Å². The molecule has 0 aromatic rings. The average Bonchev–Trinajstić information content (AvgIpc) is 2.40. The molecule has 0 N–H and O–H groups in total. The second-order valence-electron chi connectivity index (χ2n) is 8.52. The van der Waals surface area contributed by atoms with Gasteiger partial charge in [-0.25, -0.2) is 4.79 Å². The average molecular weight is 437 g/mol. The second-order valence-corrected chi connectivity index (χ2v) is 22.8. The van der Waals surface area contributed by atoms with Crippen LogP contribution in [-0.2, 0) is 21.9 Å². The Labute approximate surface area is 165 Å². The molecule has 1 atom stereocenters. The Bertz CT molecular complexity index is 452. The summed E-state index contributed by atoms with van der Waals surface area (Å²) in [5.41, 5.74) is 0. The second kappa shape index (κ2) is 11.1. The minimum Gasteiger partial charge on any atom is -0.459 e. The lowest BCUT2D eigenvalue weighted by atomic mass is 10.1. The predicted octanol–water partition coefficient (Wildman–Crippen LogP) is 4.92. The van der Waals surface area contributed by atoms with E-state index < -0.39 is 34.5 Å². The molecule has 0 aliphatic rings. The van der Waals surface area contributed by atoms with Crippen LogP contribution in [-0.4, -0.2) is 46.6 Å². The van der Waals surface area contributed by atoms with Crippen molar-refractivity contribution >= 4 is 40.4 Å². The first kappa shape index (κ1) is 26.0. The van der Waals surface area contributed by atoms with E-state index >= 15 is 0 Å². The SMILES string of the molecule is C=CC(=O)OC(CCC)CC[Si](C)(C)O[Si](C)(C)O[Si](C)(C)O[SiH](C)C. The first-order valence-corrected chi connectivity index (χ1v) is 21.2. The lowest BCUT2D eigenvalue weighted by molar-refractivity contribution is -0.143. The topological polar surface area (TPSA) is 54.0 Å². The number of hydrogen-bond acceptors (Lipinski definition) is 5. The van der Waals surface area contributed by atoms with Gasteiger partial charge >= 0.3 is 23.1 Å². The summed E-state index contributed by atoms with van der Waals surface area (Å²) in [5.74, 6) is -0.343. The number of esters is 1. The van der Waals surface area contributed by atoms with Crippen LogP contribution in [0.5, 0.6) is 0 Å². The molecule has 154 valence electrons. The minimum absolute atomic E-state index is 0.0623. The highest BCUT2D eigenvalue weighted by atomic mass is 28.5. The third kappa shape index (κ3) is 12.4. The highest BCUT2D eigenvalue weighted by Gasteiger charge is 2.41. The normalized spacial score (nSPS) is 14.4. The van der Waals surface area contributed by atoms with Gasteiger partial charge in [0.1, 0.15) is 6.10 Å². The molecular weight excluding hydrogens is 397 g/mol. The van der Waals surface area contributed by atoms with Gasteiger partial charge in [0.05, 0.1) is 0 Å².